The summed E-state index contributed by atoms with van der Waals surface area (Å²) < 4.78 is 0. The number of hydrogen-bond donors (Lipinski definition) is 0. The summed E-state index contributed by atoms with van der Waals surface area (Å²) in [6.45, 7) is 0. The summed E-state index contributed by atoms with van der Waals surface area (Å²) in [6, 6.07) is 8.87. The van der Waals surface area contributed by atoms with Crippen molar-refractivity contribution in [3.05, 3.63) is 52.7 Å². The second-order valence-electron chi connectivity index (χ2n) is 3.42. The zero-order valence-corrected chi connectivity index (χ0v) is 8.45. The molecule has 0 radical (unpaired) electrons. The molecule has 2 aromatic rings. The minimum atomic E-state index is 0.00981. The molecule has 1 aliphatic carbocycles. The molecule has 15 heavy (non-hydrogen) atoms. The first-order chi connectivity index (χ1) is 7.27. The maximum absolute atomic E-state index is 11.9. The Morgan fingerprint density at radius 1 is 1.07 bits per heavy atom. The highest BCUT2D eigenvalue weighted by Gasteiger charge is 2.27. The van der Waals surface area contributed by atoms with E-state index >= 15 is 0 Å². The molecule has 0 saturated heterocycles. The second-order valence-corrected chi connectivity index (χ2v) is 3.86. The van der Waals surface area contributed by atoms with Crippen LogP contribution >= 0.6 is 11.6 Å². The van der Waals surface area contributed by atoms with E-state index < -0.39 is 0 Å². The standard InChI is InChI=1S/C12H6ClNO/c13-7-3-4-8-10(6-7)12(15)9-2-1-5-14-11(8)9/h1-6H. The highest BCUT2D eigenvalue weighted by molar-refractivity contribution is 6.32. The Kier molecular flexibility index (Phi) is 1.67. The molecular weight excluding hydrogens is 210 g/mol. The van der Waals surface area contributed by atoms with E-state index in [2.05, 4.69) is 4.98 Å². The fourth-order valence-corrected chi connectivity index (χ4v) is 2.03. The topological polar surface area (TPSA) is 30.0 Å². The predicted octanol–water partition coefficient (Wildman–Crippen LogP) is 2.95. The number of aromatic nitrogens is 1. The monoisotopic (exact) mass is 215 g/mol. The quantitative estimate of drug-likeness (QED) is 0.577. The number of rotatable bonds is 0. The lowest BCUT2D eigenvalue weighted by Gasteiger charge is -1.97. The molecule has 0 spiro atoms. The molecule has 0 unspecified atom stereocenters. The Labute approximate surface area is 91.5 Å². The summed E-state index contributed by atoms with van der Waals surface area (Å²) in [5.74, 6) is 0.00981. The van der Waals surface area contributed by atoms with Crippen molar-refractivity contribution in [2.45, 2.75) is 0 Å². The van der Waals surface area contributed by atoms with Crippen molar-refractivity contribution in [3.8, 4) is 11.3 Å². The van der Waals surface area contributed by atoms with Crippen LogP contribution in [0.3, 0.4) is 0 Å². The number of carbonyl (C=O) groups is 1. The Hall–Kier alpha value is -1.67. The average molecular weight is 216 g/mol. The largest absolute Gasteiger partial charge is 0.289 e. The van der Waals surface area contributed by atoms with Gasteiger partial charge < -0.3 is 0 Å². The van der Waals surface area contributed by atoms with Crippen LogP contribution in [0.2, 0.25) is 5.02 Å². The van der Waals surface area contributed by atoms with Crippen molar-refractivity contribution in [2.24, 2.45) is 0 Å². The van der Waals surface area contributed by atoms with Gasteiger partial charge in [-0.15, -0.1) is 0 Å². The lowest BCUT2D eigenvalue weighted by atomic mass is 10.1. The van der Waals surface area contributed by atoms with Crippen LogP contribution in [-0.4, -0.2) is 10.8 Å². The zero-order valence-electron chi connectivity index (χ0n) is 7.70. The molecular formula is C12H6ClNO. The molecule has 1 heterocycles. The van der Waals surface area contributed by atoms with E-state index in [1.54, 1.807) is 30.5 Å². The predicted molar refractivity (Wildman–Crippen MR) is 58.1 cm³/mol. The third-order valence-electron chi connectivity index (χ3n) is 2.53. The molecule has 1 aliphatic rings. The summed E-state index contributed by atoms with van der Waals surface area (Å²) in [4.78, 5) is 16.2. The average Bonchev–Trinajstić information content (AvgIpc) is 2.54. The number of halogens is 1. The Bertz CT molecular complexity index is 578. The van der Waals surface area contributed by atoms with E-state index in [9.17, 15) is 4.79 Å². The number of fused-ring (bicyclic) bond motifs is 3. The van der Waals surface area contributed by atoms with Gasteiger partial charge in [0.15, 0.2) is 5.78 Å². The van der Waals surface area contributed by atoms with Gasteiger partial charge in [0, 0.05) is 27.9 Å². The number of pyridine rings is 1. The summed E-state index contributed by atoms with van der Waals surface area (Å²) in [5.41, 5.74) is 2.94. The van der Waals surface area contributed by atoms with Gasteiger partial charge in [-0.05, 0) is 24.3 Å². The fraction of sp³-hybridized carbons (Fsp3) is 0. The van der Waals surface area contributed by atoms with E-state index in [1.165, 1.54) is 0 Å². The molecule has 3 rings (SSSR count). The van der Waals surface area contributed by atoms with Gasteiger partial charge in [0.25, 0.3) is 0 Å². The molecule has 1 aromatic heterocycles. The maximum Gasteiger partial charge on any atom is 0.195 e. The minimum Gasteiger partial charge on any atom is -0.289 e. The molecule has 2 nitrogen and oxygen atoms in total. The van der Waals surface area contributed by atoms with Gasteiger partial charge >= 0.3 is 0 Å². The first kappa shape index (κ1) is 8.62. The Morgan fingerprint density at radius 2 is 1.93 bits per heavy atom. The van der Waals surface area contributed by atoms with E-state index in [0.717, 1.165) is 11.3 Å². The summed E-state index contributed by atoms with van der Waals surface area (Å²) in [5, 5.41) is 0.579. The third kappa shape index (κ3) is 1.12. The molecule has 0 atom stereocenters. The van der Waals surface area contributed by atoms with Gasteiger partial charge in [0.2, 0.25) is 0 Å². The SMILES string of the molecule is O=C1c2cc(Cl)ccc2-c2ncccc21. The van der Waals surface area contributed by atoms with Crippen LogP contribution in [-0.2, 0) is 0 Å². The van der Waals surface area contributed by atoms with E-state index in [0.29, 0.717) is 16.1 Å². The van der Waals surface area contributed by atoms with Crippen molar-refractivity contribution in [2.75, 3.05) is 0 Å². The molecule has 1 aromatic carbocycles. The molecule has 0 saturated carbocycles. The molecule has 0 aliphatic heterocycles. The van der Waals surface area contributed by atoms with Crippen LogP contribution in [0.4, 0.5) is 0 Å². The molecule has 0 bridgehead atoms. The van der Waals surface area contributed by atoms with E-state index in [-0.39, 0.29) is 5.78 Å². The van der Waals surface area contributed by atoms with E-state index in [1.807, 2.05) is 6.07 Å². The highest BCUT2D eigenvalue weighted by atomic mass is 35.5. The number of carbonyl (C=O) groups excluding carboxylic acids is 1. The molecule has 3 heteroatoms. The molecule has 0 fully saturated rings. The number of hydrogen-bond acceptors (Lipinski definition) is 2. The fourth-order valence-electron chi connectivity index (χ4n) is 1.86. The van der Waals surface area contributed by atoms with Gasteiger partial charge in [0.1, 0.15) is 0 Å². The van der Waals surface area contributed by atoms with Crippen molar-refractivity contribution >= 4 is 17.4 Å². The molecule has 72 valence electrons. The van der Waals surface area contributed by atoms with Gasteiger partial charge in [-0.3, -0.25) is 9.78 Å². The van der Waals surface area contributed by atoms with Gasteiger partial charge in [-0.25, -0.2) is 0 Å². The van der Waals surface area contributed by atoms with Crippen molar-refractivity contribution in [1.82, 2.24) is 4.98 Å². The van der Waals surface area contributed by atoms with Gasteiger partial charge in [0.05, 0.1) is 5.69 Å². The maximum atomic E-state index is 11.9. The Morgan fingerprint density at radius 3 is 2.80 bits per heavy atom. The van der Waals surface area contributed by atoms with Gasteiger partial charge in [-0.1, -0.05) is 17.7 Å². The molecule has 0 N–H and O–H groups in total. The third-order valence-corrected chi connectivity index (χ3v) is 2.77. The van der Waals surface area contributed by atoms with Crippen molar-refractivity contribution < 1.29 is 4.79 Å². The lowest BCUT2D eigenvalue weighted by molar-refractivity contribution is 0.104. The number of ketones is 1. The Balaban J connectivity index is 2.38. The second kappa shape index (κ2) is 2.91. The van der Waals surface area contributed by atoms with Crippen molar-refractivity contribution in [3.63, 3.8) is 0 Å². The molecule has 0 amide bonds. The van der Waals surface area contributed by atoms with Gasteiger partial charge in [-0.2, -0.15) is 0 Å². The van der Waals surface area contributed by atoms with Crippen LogP contribution in [0.1, 0.15) is 15.9 Å². The van der Waals surface area contributed by atoms with Crippen LogP contribution in [0.15, 0.2) is 36.5 Å². The van der Waals surface area contributed by atoms with Crippen molar-refractivity contribution in [1.29, 1.82) is 0 Å². The van der Waals surface area contributed by atoms with Crippen LogP contribution < -0.4 is 0 Å². The summed E-state index contributed by atoms with van der Waals surface area (Å²) in [7, 11) is 0. The zero-order chi connectivity index (χ0) is 10.4. The minimum absolute atomic E-state index is 0.00981. The van der Waals surface area contributed by atoms with Crippen LogP contribution in [0, 0.1) is 0 Å². The number of nitrogens with zero attached hydrogens (tertiary/aromatic N) is 1. The number of benzene rings is 1. The first-order valence-electron chi connectivity index (χ1n) is 4.57. The van der Waals surface area contributed by atoms with Crippen LogP contribution in [0.25, 0.3) is 11.3 Å². The normalized spacial score (nSPS) is 12.5. The highest BCUT2D eigenvalue weighted by Crippen LogP contribution is 2.35. The summed E-state index contributed by atoms with van der Waals surface area (Å²) in [6.07, 6.45) is 1.69. The smallest absolute Gasteiger partial charge is 0.195 e. The van der Waals surface area contributed by atoms with E-state index in [4.69, 9.17) is 11.6 Å². The lowest BCUT2D eigenvalue weighted by Crippen LogP contribution is -1.94. The summed E-state index contributed by atoms with van der Waals surface area (Å²) >= 11 is 5.86. The first-order valence-corrected chi connectivity index (χ1v) is 4.95. The van der Waals surface area contributed by atoms with Crippen LogP contribution in [0.5, 0.6) is 0 Å².